The van der Waals surface area contributed by atoms with E-state index < -0.39 is 0 Å². The van der Waals surface area contributed by atoms with Gasteiger partial charge in [-0.15, -0.1) is 0 Å². The molecule has 0 radical (unpaired) electrons. The highest BCUT2D eigenvalue weighted by molar-refractivity contribution is 5.55. The van der Waals surface area contributed by atoms with E-state index in [0.29, 0.717) is 24.4 Å². The summed E-state index contributed by atoms with van der Waals surface area (Å²) in [5.41, 5.74) is 5.83. The molecule has 90 valence electrons. The van der Waals surface area contributed by atoms with Gasteiger partial charge in [0.2, 0.25) is 0 Å². The smallest absolute Gasteiger partial charge is 0.0468 e. The topological polar surface area (TPSA) is 20.2 Å². The first kappa shape index (κ1) is 10.3. The van der Waals surface area contributed by atoms with Crippen molar-refractivity contribution in [2.75, 3.05) is 6.61 Å². The third-order valence-electron chi connectivity index (χ3n) is 4.66. The van der Waals surface area contributed by atoms with Crippen LogP contribution < -0.4 is 0 Å². The average molecular weight is 236 g/mol. The summed E-state index contributed by atoms with van der Waals surface area (Å²) in [5.74, 6) is 1.27. The molecule has 0 amide bonds. The molecule has 0 saturated carbocycles. The largest absolute Gasteiger partial charge is 0.396 e. The third kappa shape index (κ3) is 1.20. The molecule has 0 fully saturated rings. The first-order valence-corrected chi connectivity index (χ1v) is 6.68. The number of hydrogen-bond donors (Lipinski definition) is 1. The Morgan fingerprint density at radius 2 is 1.33 bits per heavy atom. The molecule has 0 heterocycles. The van der Waals surface area contributed by atoms with Crippen LogP contribution in [-0.4, -0.2) is 11.7 Å². The van der Waals surface area contributed by atoms with E-state index >= 15 is 0 Å². The van der Waals surface area contributed by atoms with E-state index in [2.05, 4.69) is 48.5 Å². The summed E-state index contributed by atoms with van der Waals surface area (Å²) in [6.45, 7) is 0.295. The van der Waals surface area contributed by atoms with Crippen molar-refractivity contribution in [2.24, 2.45) is 5.92 Å². The Bertz CT molecular complexity index is 555. The quantitative estimate of drug-likeness (QED) is 0.805. The lowest BCUT2D eigenvalue weighted by molar-refractivity contribution is 0.186. The Hall–Kier alpha value is -1.60. The van der Waals surface area contributed by atoms with Gasteiger partial charge in [0.05, 0.1) is 0 Å². The number of aliphatic hydroxyl groups is 1. The molecular weight excluding hydrogens is 220 g/mol. The molecule has 0 spiro atoms. The van der Waals surface area contributed by atoms with Crippen molar-refractivity contribution in [3.05, 3.63) is 70.8 Å². The fourth-order valence-corrected chi connectivity index (χ4v) is 3.94. The zero-order chi connectivity index (χ0) is 12.1. The molecule has 1 nitrogen and oxygen atoms in total. The monoisotopic (exact) mass is 236 g/mol. The van der Waals surface area contributed by atoms with Crippen molar-refractivity contribution in [3.63, 3.8) is 0 Å². The van der Waals surface area contributed by atoms with Gasteiger partial charge in [-0.3, -0.25) is 0 Å². The van der Waals surface area contributed by atoms with Crippen molar-refractivity contribution in [2.45, 2.75) is 18.3 Å². The summed E-state index contributed by atoms with van der Waals surface area (Å²) < 4.78 is 0. The molecule has 0 saturated heterocycles. The highest BCUT2D eigenvalue weighted by Crippen LogP contribution is 2.54. The number of hydrogen-bond acceptors (Lipinski definition) is 1. The summed E-state index contributed by atoms with van der Waals surface area (Å²) in [6.07, 6.45) is 1.09. The SMILES string of the molecule is OCC1CC2c3ccccc3C1c1ccccc12. The summed E-state index contributed by atoms with van der Waals surface area (Å²) >= 11 is 0. The average Bonchev–Trinajstić information content (AvgIpc) is 2.47. The number of rotatable bonds is 1. The van der Waals surface area contributed by atoms with Crippen molar-refractivity contribution in [1.29, 1.82) is 0 Å². The minimum Gasteiger partial charge on any atom is -0.396 e. The molecule has 1 heteroatoms. The van der Waals surface area contributed by atoms with Crippen LogP contribution in [0.3, 0.4) is 0 Å². The number of aliphatic hydroxyl groups excluding tert-OH is 1. The zero-order valence-electron chi connectivity index (χ0n) is 10.2. The summed E-state index contributed by atoms with van der Waals surface area (Å²) in [5, 5.41) is 9.66. The fraction of sp³-hybridized carbons (Fsp3) is 0.294. The molecule has 3 aliphatic rings. The zero-order valence-corrected chi connectivity index (χ0v) is 10.2. The van der Waals surface area contributed by atoms with Crippen LogP contribution in [0.4, 0.5) is 0 Å². The Balaban J connectivity index is 2.00. The second kappa shape index (κ2) is 3.69. The van der Waals surface area contributed by atoms with Crippen molar-refractivity contribution in [3.8, 4) is 0 Å². The predicted octanol–water partition coefficient (Wildman–Crippen LogP) is 3.28. The maximum Gasteiger partial charge on any atom is 0.0468 e. The van der Waals surface area contributed by atoms with Crippen LogP contribution in [0.1, 0.15) is 40.5 Å². The maximum absolute atomic E-state index is 9.66. The van der Waals surface area contributed by atoms with Gasteiger partial charge < -0.3 is 5.11 Å². The van der Waals surface area contributed by atoms with Gasteiger partial charge in [-0.1, -0.05) is 48.5 Å². The summed E-state index contributed by atoms with van der Waals surface area (Å²) in [7, 11) is 0. The van der Waals surface area contributed by atoms with Crippen LogP contribution >= 0.6 is 0 Å². The third-order valence-corrected chi connectivity index (χ3v) is 4.66. The van der Waals surface area contributed by atoms with Crippen LogP contribution in [0.5, 0.6) is 0 Å². The van der Waals surface area contributed by atoms with Crippen LogP contribution in [0, 0.1) is 5.92 Å². The molecule has 2 aromatic carbocycles. The Kier molecular flexibility index (Phi) is 2.12. The van der Waals surface area contributed by atoms with E-state index in [0.717, 1.165) is 6.42 Å². The molecule has 0 aromatic heterocycles. The number of fused-ring (bicyclic) bond motifs is 1. The van der Waals surface area contributed by atoms with Crippen molar-refractivity contribution in [1.82, 2.24) is 0 Å². The van der Waals surface area contributed by atoms with Gasteiger partial charge in [0, 0.05) is 18.4 Å². The van der Waals surface area contributed by atoms with Gasteiger partial charge in [-0.2, -0.15) is 0 Å². The predicted molar refractivity (Wildman–Crippen MR) is 71.8 cm³/mol. The minimum absolute atomic E-state index is 0.295. The molecule has 2 aromatic rings. The molecule has 0 aliphatic heterocycles. The highest BCUT2D eigenvalue weighted by atomic mass is 16.3. The highest BCUT2D eigenvalue weighted by Gasteiger charge is 2.42. The van der Waals surface area contributed by atoms with E-state index in [1.165, 1.54) is 22.3 Å². The Morgan fingerprint density at radius 1 is 0.833 bits per heavy atom. The van der Waals surface area contributed by atoms with Crippen LogP contribution in [0.2, 0.25) is 0 Å². The lowest BCUT2D eigenvalue weighted by Crippen LogP contribution is -2.33. The minimum atomic E-state index is 0.295. The van der Waals surface area contributed by atoms with Gasteiger partial charge in [-0.25, -0.2) is 0 Å². The van der Waals surface area contributed by atoms with Crippen molar-refractivity contribution >= 4 is 0 Å². The first-order chi connectivity index (χ1) is 8.90. The molecule has 2 bridgehead atoms. The van der Waals surface area contributed by atoms with Crippen LogP contribution in [0.15, 0.2) is 48.5 Å². The molecule has 5 rings (SSSR count). The van der Waals surface area contributed by atoms with E-state index in [9.17, 15) is 5.11 Å². The van der Waals surface area contributed by atoms with E-state index in [1.54, 1.807) is 0 Å². The molecule has 1 atom stereocenters. The summed E-state index contributed by atoms with van der Waals surface area (Å²) in [6, 6.07) is 17.5. The maximum atomic E-state index is 9.66. The second-order valence-corrected chi connectivity index (χ2v) is 5.47. The molecule has 1 unspecified atom stereocenters. The standard InChI is InChI=1S/C17H16O/c18-10-11-9-16-12-5-1-3-7-14(12)17(11)15-8-4-2-6-13(15)16/h1-8,11,16-18H,9-10H2. The Labute approximate surface area is 107 Å². The molecule has 3 aliphatic carbocycles. The normalized spacial score (nSPS) is 27.7. The van der Waals surface area contributed by atoms with Gasteiger partial charge in [0.25, 0.3) is 0 Å². The van der Waals surface area contributed by atoms with Gasteiger partial charge in [-0.05, 0) is 34.6 Å². The molecule has 18 heavy (non-hydrogen) atoms. The fourth-order valence-electron chi connectivity index (χ4n) is 3.94. The Morgan fingerprint density at radius 3 is 1.83 bits per heavy atom. The lowest BCUT2D eigenvalue weighted by Gasteiger charge is -2.45. The van der Waals surface area contributed by atoms with Crippen LogP contribution in [0.25, 0.3) is 0 Å². The van der Waals surface area contributed by atoms with Gasteiger partial charge in [0.1, 0.15) is 0 Å². The van der Waals surface area contributed by atoms with Crippen molar-refractivity contribution < 1.29 is 5.11 Å². The number of benzene rings is 2. The molecule has 1 N–H and O–H groups in total. The summed E-state index contributed by atoms with van der Waals surface area (Å²) in [4.78, 5) is 0. The van der Waals surface area contributed by atoms with E-state index in [1.807, 2.05) is 0 Å². The molecular formula is C17H16O. The van der Waals surface area contributed by atoms with E-state index in [-0.39, 0.29) is 0 Å². The van der Waals surface area contributed by atoms with E-state index in [4.69, 9.17) is 0 Å². The van der Waals surface area contributed by atoms with Gasteiger partial charge in [0.15, 0.2) is 0 Å². The second-order valence-electron chi connectivity index (χ2n) is 5.47. The van der Waals surface area contributed by atoms with Gasteiger partial charge >= 0.3 is 0 Å². The van der Waals surface area contributed by atoms with Crippen LogP contribution in [-0.2, 0) is 0 Å². The lowest BCUT2D eigenvalue weighted by atomic mass is 9.59. The first-order valence-electron chi connectivity index (χ1n) is 6.68.